The molecule has 2 saturated heterocycles. The molecule has 4 heterocycles. The van der Waals surface area contributed by atoms with Crippen LogP contribution in [0, 0.1) is 10.8 Å². The minimum atomic E-state index is -4.68. The molecule has 0 radical (unpaired) electrons. The Morgan fingerprint density at radius 1 is 1.02 bits per heavy atom. The fraction of sp³-hybridized carbons (Fsp3) is 0.458. The van der Waals surface area contributed by atoms with Gasteiger partial charge in [0.05, 0.1) is 27.7 Å². The van der Waals surface area contributed by atoms with Crippen molar-refractivity contribution >= 4 is 35.0 Å². The van der Waals surface area contributed by atoms with E-state index in [9.17, 15) is 22.8 Å². The number of benzene rings is 1. The van der Waals surface area contributed by atoms with Gasteiger partial charge < -0.3 is 14.2 Å². The first-order valence-electron chi connectivity index (χ1n) is 12.1. The zero-order valence-corrected chi connectivity index (χ0v) is 21.8. The van der Waals surface area contributed by atoms with Crippen molar-refractivity contribution < 1.29 is 36.0 Å². The minimum Gasteiger partial charge on any atom is -0.419 e. The molecule has 1 N–H and O–H groups in total. The Morgan fingerprint density at radius 2 is 1.73 bits per heavy atom. The number of alkyl halides is 5. The summed E-state index contributed by atoms with van der Waals surface area (Å²) in [4.78, 5) is 28.4. The van der Waals surface area contributed by atoms with Gasteiger partial charge in [-0.05, 0) is 25.0 Å². The standard InChI is InChI=1S/C24H19Cl2F5N6O3/c25-15-2-1-13(5-16(15)26)23(27,28)19-35-34-17(40-19)14-8-36(18(38)12-6-32-33-7-12)9-21(14)10-37(11-21)20(39)22(3-4-22)24(29,30)31/h1-2,5-7,14H,3-4,8-11H2,(H,32,33). The Hall–Kier alpha value is -3.26. The van der Waals surface area contributed by atoms with Crippen LogP contribution in [0.4, 0.5) is 22.0 Å². The number of halogens is 7. The summed E-state index contributed by atoms with van der Waals surface area (Å²) in [6.07, 6.45) is -2.57. The smallest absolute Gasteiger partial charge is 0.403 e. The number of hydrogen-bond donors (Lipinski definition) is 1. The molecule has 1 spiro atoms. The number of rotatable bonds is 5. The predicted molar refractivity (Wildman–Crippen MR) is 128 cm³/mol. The van der Waals surface area contributed by atoms with Gasteiger partial charge in [-0.2, -0.15) is 27.1 Å². The van der Waals surface area contributed by atoms with Gasteiger partial charge in [0, 0.05) is 43.4 Å². The molecule has 3 aromatic rings. The number of aromatic amines is 1. The van der Waals surface area contributed by atoms with Crippen molar-refractivity contribution in [3.8, 4) is 0 Å². The molecule has 2 aromatic heterocycles. The van der Waals surface area contributed by atoms with Crippen LogP contribution in [0.2, 0.25) is 10.0 Å². The summed E-state index contributed by atoms with van der Waals surface area (Å²) in [5.74, 6) is -7.28. The second-order valence-electron chi connectivity index (χ2n) is 10.5. The minimum absolute atomic E-state index is 0.0331. The van der Waals surface area contributed by atoms with Crippen LogP contribution < -0.4 is 0 Å². The Bertz CT molecular complexity index is 1480. The Balaban J connectivity index is 1.29. The summed E-state index contributed by atoms with van der Waals surface area (Å²) in [5.41, 5.74) is -3.68. The van der Waals surface area contributed by atoms with Crippen molar-refractivity contribution in [3.05, 3.63) is 63.5 Å². The van der Waals surface area contributed by atoms with E-state index in [1.807, 2.05) is 0 Å². The van der Waals surface area contributed by atoms with E-state index in [2.05, 4.69) is 20.4 Å². The molecule has 3 aliphatic rings. The number of likely N-dealkylation sites (tertiary alicyclic amines) is 2. The summed E-state index contributed by atoms with van der Waals surface area (Å²) in [6.45, 7) is -0.281. The second kappa shape index (κ2) is 8.87. The lowest BCUT2D eigenvalue weighted by Gasteiger charge is -2.51. The molecule has 1 aromatic carbocycles. The van der Waals surface area contributed by atoms with Crippen LogP contribution in [0.15, 0.2) is 35.0 Å². The Labute approximate surface area is 232 Å². The van der Waals surface area contributed by atoms with Crippen molar-refractivity contribution in [1.29, 1.82) is 0 Å². The van der Waals surface area contributed by atoms with E-state index >= 15 is 8.78 Å². The third-order valence-electron chi connectivity index (χ3n) is 7.97. The Kier molecular flexibility index (Phi) is 5.97. The first-order chi connectivity index (χ1) is 18.8. The molecule has 1 atom stereocenters. The molecule has 16 heteroatoms. The molecule has 212 valence electrons. The third-order valence-corrected chi connectivity index (χ3v) is 8.71. The molecular formula is C24H19Cl2F5N6O3. The van der Waals surface area contributed by atoms with Crippen LogP contribution >= 0.6 is 23.2 Å². The fourth-order valence-corrected chi connectivity index (χ4v) is 5.85. The van der Waals surface area contributed by atoms with E-state index in [1.165, 1.54) is 23.4 Å². The van der Waals surface area contributed by atoms with Crippen molar-refractivity contribution in [1.82, 2.24) is 30.2 Å². The molecule has 1 saturated carbocycles. The van der Waals surface area contributed by atoms with Crippen LogP contribution in [0.3, 0.4) is 0 Å². The highest BCUT2D eigenvalue weighted by molar-refractivity contribution is 6.42. The zero-order chi connectivity index (χ0) is 28.7. The fourth-order valence-electron chi connectivity index (χ4n) is 5.56. The van der Waals surface area contributed by atoms with Crippen LogP contribution in [0.25, 0.3) is 0 Å². The van der Waals surface area contributed by atoms with Crippen LogP contribution in [-0.4, -0.2) is 74.4 Å². The highest BCUT2D eigenvalue weighted by Gasteiger charge is 2.71. The van der Waals surface area contributed by atoms with Gasteiger partial charge >= 0.3 is 12.1 Å². The third kappa shape index (κ3) is 4.06. The van der Waals surface area contributed by atoms with Gasteiger partial charge in [-0.3, -0.25) is 14.7 Å². The average Bonchev–Trinajstić information content (AvgIpc) is 3.25. The van der Waals surface area contributed by atoms with Crippen molar-refractivity contribution in [2.75, 3.05) is 26.2 Å². The first-order valence-corrected chi connectivity index (χ1v) is 12.8. The lowest BCUT2D eigenvalue weighted by molar-refractivity contribution is -0.204. The van der Waals surface area contributed by atoms with Gasteiger partial charge in [0.1, 0.15) is 5.41 Å². The number of carbonyl (C=O) groups excluding carboxylic acids is 2. The molecule has 9 nitrogen and oxygen atoms in total. The van der Waals surface area contributed by atoms with Crippen LogP contribution in [0.1, 0.15) is 46.5 Å². The molecule has 2 aliphatic heterocycles. The SMILES string of the molecule is O=C(c1cn[nH]c1)N1CC(c2nnc(C(F)(F)c3ccc(Cl)c(Cl)c3)o2)C2(C1)CN(C(=O)C1(C(F)(F)F)CC1)C2. The molecule has 3 fully saturated rings. The van der Waals surface area contributed by atoms with Gasteiger partial charge in [-0.15, -0.1) is 10.2 Å². The van der Waals surface area contributed by atoms with Crippen molar-refractivity contribution in [2.45, 2.75) is 30.9 Å². The van der Waals surface area contributed by atoms with Crippen molar-refractivity contribution in [3.63, 3.8) is 0 Å². The van der Waals surface area contributed by atoms with E-state index in [0.717, 1.165) is 17.0 Å². The van der Waals surface area contributed by atoms with Gasteiger partial charge in [0.2, 0.25) is 11.8 Å². The van der Waals surface area contributed by atoms with E-state index in [0.29, 0.717) is 0 Å². The number of nitrogens with zero attached hydrogens (tertiary/aromatic N) is 5. The number of amides is 2. The van der Waals surface area contributed by atoms with E-state index in [1.54, 1.807) is 0 Å². The van der Waals surface area contributed by atoms with Crippen LogP contribution in [0.5, 0.6) is 0 Å². The normalized spacial score (nSPS) is 21.5. The summed E-state index contributed by atoms with van der Waals surface area (Å²) >= 11 is 11.7. The number of nitrogens with one attached hydrogen (secondary N) is 1. The zero-order valence-electron chi connectivity index (χ0n) is 20.3. The molecule has 1 unspecified atom stereocenters. The number of hydrogen-bond acceptors (Lipinski definition) is 6. The van der Waals surface area contributed by atoms with E-state index in [4.69, 9.17) is 27.6 Å². The largest absolute Gasteiger partial charge is 0.419 e. The molecule has 0 bridgehead atoms. The predicted octanol–water partition coefficient (Wildman–Crippen LogP) is 4.65. The number of aromatic nitrogens is 4. The van der Waals surface area contributed by atoms with E-state index < -0.39 is 52.1 Å². The molecule has 6 rings (SSSR count). The summed E-state index contributed by atoms with van der Waals surface area (Å²) in [5, 5.41) is 13.6. The molecule has 2 amide bonds. The lowest BCUT2D eigenvalue weighted by atomic mass is 9.71. The molecular weight excluding hydrogens is 586 g/mol. The molecule has 40 heavy (non-hydrogen) atoms. The summed E-state index contributed by atoms with van der Waals surface area (Å²) in [7, 11) is 0. The summed E-state index contributed by atoms with van der Waals surface area (Å²) in [6, 6.07) is 3.23. The monoisotopic (exact) mass is 604 g/mol. The second-order valence-corrected chi connectivity index (χ2v) is 11.3. The average molecular weight is 605 g/mol. The highest BCUT2D eigenvalue weighted by atomic mass is 35.5. The lowest BCUT2D eigenvalue weighted by Crippen LogP contribution is -2.64. The highest BCUT2D eigenvalue weighted by Crippen LogP contribution is 2.60. The maximum Gasteiger partial charge on any atom is 0.403 e. The summed E-state index contributed by atoms with van der Waals surface area (Å²) < 4.78 is 76.7. The number of carbonyl (C=O) groups is 2. The van der Waals surface area contributed by atoms with Crippen molar-refractivity contribution in [2.24, 2.45) is 10.8 Å². The maximum absolute atomic E-state index is 15.3. The van der Waals surface area contributed by atoms with Crippen LogP contribution in [-0.2, 0) is 10.7 Å². The number of H-pyrrole nitrogens is 1. The maximum atomic E-state index is 15.3. The molecule has 1 aliphatic carbocycles. The van der Waals surface area contributed by atoms with Gasteiger partial charge in [-0.1, -0.05) is 29.3 Å². The van der Waals surface area contributed by atoms with Gasteiger partial charge in [-0.25, -0.2) is 0 Å². The van der Waals surface area contributed by atoms with Gasteiger partial charge in [0.25, 0.3) is 11.8 Å². The first kappa shape index (κ1) is 26.9. The van der Waals surface area contributed by atoms with Gasteiger partial charge in [0.15, 0.2) is 0 Å². The van der Waals surface area contributed by atoms with E-state index in [-0.39, 0.29) is 60.5 Å². The Morgan fingerprint density at radius 3 is 2.33 bits per heavy atom. The topological polar surface area (TPSA) is 108 Å². The quantitative estimate of drug-likeness (QED) is 0.425.